The molecule has 3 rings (SSSR count). The highest BCUT2D eigenvalue weighted by Gasteiger charge is 2.53. The minimum Gasteiger partial charge on any atom is -0.502 e. The number of aliphatic hydroxyl groups excluding tert-OH is 1. The summed E-state index contributed by atoms with van der Waals surface area (Å²) in [5.74, 6) is -1.79. The first-order valence-electron chi connectivity index (χ1n) is 20.3. The molecule has 48 heavy (non-hydrogen) atoms. The molecule has 3 aliphatic rings. The molecular formula is C42H72O6. The van der Waals surface area contributed by atoms with E-state index in [-0.39, 0.29) is 24.6 Å². The minimum absolute atomic E-state index is 0.0506. The predicted molar refractivity (Wildman–Crippen MR) is 196 cm³/mol. The molecule has 276 valence electrons. The fourth-order valence-corrected chi connectivity index (χ4v) is 9.60. The Balaban J connectivity index is 1.97. The van der Waals surface area contributed by atoms with Crippen molar-refractivity contribution in [2.24, 2.45) is 23.2 Å². The second kappa shape index (κ2) is 22.1. The van der Waals surface area contributed by atoms with E-state index < -0.39 is 17.5 Å². The summed E-state index contributed by atoms with van der Waals surface area (Å²) in [6, 6.07) is 0. The number of carbonyl (C=O) groups is 2. The van der Waals surface area contributed by atoms with Gasteiger partial charge < -0.3 is 19.3 Å². The number of hydrogen-bond donors (Lipinski definition) is 1. The van der Waals surface area contributed by atoms with Crippen molar-refractivity contribution in [3.05, 3.63) is 24.5 Å². The third-order valence-electron chi connectivity index (χ3n) is 12.0. The quantitative estimate of drug-likeness (QED) is 0.0773. The highest BCUT2D eigenvalue weighted by Crippen LogP contribution is 2.58. The van der Waals surface area contributed by atoms with Gasteiger partial charge in [-0.2, -0.15) is 0 Å². The first-order chi connectivity index (χ1) is 23.2. The van der Waals surface area contributed by atoms with Gasteiger partial charge in [-0.25, -0.2) is 9.59 Å². The molecule has 0 saturated heterocycles. The third kappa shape index (κ3) is 13.1. The normalized spacial score (nSPS) is 21.8. The molecule has 3 fully saturated rings. The molecule has 0 heterocycles. The summed E-state index contributed by atoms with van der Waals surface area (Å²) >= 11 is 0. The summed E-state index contributed by atoms with van der Waals surface area (Å²) in [6.45, 7) is 11.3. The molecule has 0 spiro atoms. The molecule has 0 bridgehead atoms. The number of ether oxygens (including phenoxy) is 3. The second-order valence-electron chi connectivity index (χ2n) is 15.9. The SMILES string of the molecule is C=C(O)C(=O)OC(C)(C)OCCOC(=O)C(=C)C(C1CCCCCCCCC1)(C1CCCCCCCCC1)C1CCCCCCCCC1. The van der Waals surface area contributed by atoms with E-state index in [4.69, 9.17) is 20.8 Å². The van der Waals surface area contributed by atoms with Gasteiger partial charge in [0.1, 0.15) is 6.61 Å². The average molecular weight is 673 g/mol. The van der Waals surface area contributed by atoms with Crippen LogP contribution in [0.2, 0.25) is 0 Å². The second-order valence-corrected chi connectivity index (χ2v) is 15.9. The Labute approximate surface area is 294 Å². The van der Waals surface area contributed by atoms with Crippen molar-refractivity contribution in [1.82, 2.24) is 0 Å². The van der Waals surface area contributed by atoms with Crippen LogP contribution in [0.25, 0.3) is 0 Å². The smallest absolute Gasteiger partial charge is 0.375 e. The van der Waals surface area contributed by atoms with Gasteiger partial charge in [0.2, 0.25) is 5.79 Å². The Morgan fingerprint density at radius 1 is 0.542 bits per heavy atom. The van der Waals surface area contributed by atoms with Gasteiger partial charge in [0, 0.05) is 24.8 Å². The predicted octanol–water partition coefficient (Wildman–Crippen LogP) is 11.9. The molecule has 0 aliphatic heterocycles. The van der Waals surface area contributed by atoms with E-state index in [1.165, 1.54) is 173 Å². The van der Waals surface area contributed by atoms with Crippen LogP contribution in [-0.4, -0.2) is 36.0 Å². The fraction of sp³-hybridized carbons (Fsp3) is 0.857. The topological polar surface area (TPSA) is 82.1 Å². The van der Waals surface area contributed by atoms with Gasteiger partial charge in [-0.15, -0.1) is 0 Å². The Kier molecular flexibility index (Phi) is 18.7. The Morgan fingerprint density at radius 2 is 0.854 bits per heavy atom. The van der Waals surface area contributed by atoms with Crippen LogP contribution in [0.15, 0.2) is 24.5 Å². The van der Waals surface area contributed by atoms with Gasteiger partial charge in [0.05, 0.1) is 6.61 Å². The molecule has 0 radical (unpaired) electrons. The number of esters is 2. The summed E-state index contributed by atoms with van der Waals surface area (Å²) in [5.41, 5.74) is 0.502. The van der Waals surface area contributed by atoms with E-state index in [1.54, 1.807) is 13.8 Å². The molecule has 6 heteroatoms. The lowest BCUT2D eigenvalue weighted by molar-refractivity contribution is -0.217. The van der Waals surface area contributed by atoms with Crippen LogP contribution >= 0.6 is 0 Å². The Hall–Kier alpha value is -1.82. The summed E-state index contributed by atoms with van der Waals surface area (Å²) < 4.78 is 17.0. The molecule has 0 atom stereocenters. The fourth-order valence-electron chi connectivity index (χ4n) is 9.60. The van der Waals surface area contributed by atoms with E-state index >= 15 is 0 Å². The highest BCUT2D eigenvalue weighted by atomic mass is 16.7. The molecule has 0 amide bonds. The first-order valence-corrected chi connectivity index (χ1v) is 20.3. The van der Waals surface area contributed by atoms with Gasteiger partial charge >= 0.3 is 11.9 Å². The summed E-state index contributed by atoms with van der Waals surface area (Å²) in [4.78, 5) is 26.3. The van der Waals surface area contributed by atoms with Gasteiger partial charge in [-0.3, -0.25) is 0 Å². The van der Waals surface area contributed by atoms with Crippen LogP contribution in [-0.2, 0) is 23.8 Å². The molecule has 1 N–H and O–H groups in total. The van der Waals surface area contributed by atoms with Crippen LogP contribution < -0.4 is 0 Å². The lowest BCUT2D eigenvalue weighted by Crippen LogP contribution is -2.49. The van der Waals surface area contributed by atoms with Crippen LogP contribution in [0.1, 0.15) is 187 Å². The number of aliphatic hydroxyl groups is 1. The molecule has 0 aromatic rings. The third-order valence-corrected chi connectivity index (χ3v) is 12.0. The molecule has 6 nitrogen and oxygen atoms in total. The van der Waals surface area contributed by atoms with Crippen molar-refractivity contribution in [2.75, 3.05) is 13.2 Å². The molecule has 0 aromatic carbocycles. The van der Waals surface area contributed by atoms with Gasteiger partial charge in [-0.05, 0) is 62.9 Å². The zero-order chi connectivity index (χ0) is 34.7. The van der Waals surface area contributed by atoms with Gasteiger partial charge in [0.15, 0.2) is 5.76 Å². The summed E-state index contributed by atoms with van der Waals surface area (Å²) in [5, 5.41) is 9.37. The van der Waals surface area contributed by atoms with Crippen LogP contribution in [0.5, 0.6) is 0 Å². The van der Waals surface area contributed by atoms with Crippen molar-refractivity contribution in [1.29, 1.82) is 0 Å². The Morgan fingerprint density at radius 3 is 1.17 bits per heavy atom. The van der Waals surface area contributed by atoms with Crippen LogP contribution in [0.3, 0.4) is 0 Å². The van der Waals surface area contributed by atoms with E-state index in [0.29, 0.717) is 17.8 Å². The largest absolute Gasteiger partial charge is 0.502 e. The zero-order valence-corrected chi connectivity index (χ0v) is 31.1. The molecule has 0 unspecified atom stereocenters. The number of carbonyl (C=O) groups excluding carboxylic acids is 2. The summed E-state index contributed by atoms with van der Waals surface area (Å²) in [7, 11) is 0. The van der Waals surface area contributed by atoms with Crippen molar-refractivity contribution in [2.45, 2.75) is 193 Å². The average Bonchev–Trinajstić information content (AvgIpc) is 3.07. The lowest BCUT2D eigenvalue weighted by Gasteiger charge is -2.53. The molecule has 3 saturated carbocycles. The maximum atomic E-state index is 14.4. The van der Waals surface area contributed by atoms with Crippen molar-refractivity contribution < 1.29 is 28.9 Å². The highest BCUT2D eigenvalue weighted by molar-refractivity contribution is 5.89. The molecule has 0 aromatic heterocycles. The zero-order valence-electron chi connectivity index (χ0n) is 31.1. The van der Waals surface area contributed by atoms with E-state index in [0.717, 1.165) is 5.57 Å². The minimum atomic E-state index is -1.29. The summed E-state index contributed by atoms with van der Waals surface area (Å²) in [6.07, 6.45) is 34.4. The number of hydrogen-bond acceptors (Lipinski definition) is 6. The van der Waals surface area contributed by atoms with Crippen molar-refractivity contribution in [3.63, 3.8) is 0 Å². The van der Waals surface area contributed by atoms with E-state index in [2.05, 4.69) is 6.58 Å². The monoisotopic (exact) mass is 673 g/mol. The maximum Gasteiger partial charge on any atom is 0.375 e. The molecular weight excluding hydrogens is 600 g/mol. The van der Waals surface area contributed by atoms with Crippen molar-refractivity contribution in [3.8, 4) is 0 Å². The van der Waals surface area contributed by atoms with E-state index in [9.17, 15) is 14.7 Å². The van der Waals surface area contributed by atoms with Gasteiger partial charge in [-0.1, -0.05) is 141 Å². The van der Waals surface area contributed by atoms with Crippen molar-refractivity contribution >= 4 is 11.9 Å². The van der Waals surface area contributed by atoms with E-state index in [1.807, 2.05) is 0 Å². The van der Waals surface area contributed by atoms with Gasteiger partial charge in [0.25, 0.3) is 0 Å². The number of rotatable bonds is 11. The first kappa shape index (κ1) is 40.6. The molecule has 3 aliphatic carbocycles. The standard InChI is InChI=1S/C42H72O6/c1-34(39(44)46-32-33-47-41(3,4)48-40(45)35(2)43)42(36-26-20-14-8-5-9-15-21-27-36,37-28-22-16-10-6-11-17-23-29-37)38-30-24-18-12-7-13-19-25-31-38/h36-38,43H,1-2,5-33H2,3-4H3. The lowest BCUT2D eigenvalue weighted by atomic mass is 9.50. The van der Waals surface area contributed by atoms with Crippen LogP contribution in [0, 0.1) is 23.2 Å². The van der Waals surface area contributed by atoms with Crippen LogP contribution in [0.4, 0.5) is 0 Å². The Bertz CT molecular complexity index is 875. The maximum absolute atomic E-state index is 14.4.